The highest BCUT2D eigenvalue weighted by Gasteiger charge is 2.17. The molecule has 2 rings (SSSR count). The van der Waals surface area contributed by atoms with Crippen molar-refractivity contribution in [2.45, 2.75) is 33.2 Å². The summed E-state index contributed by atoms with van der Waals surface area (Å²) in [7, 11) is 0. The second-order valence-electron chi connectivity index (χ2n) is 4.99. The molecule has 2 aromatic heterocycles. The molecule has 0 atom stereocenters. The molecule has 0 aliphatic heterocycles. The van der Waals surface area contributed by atoms with Crippen LogP contribution in [0.5, 0.6) is 0 Å². The first-order valence-electron chi connectivity index (χ1n) is 6.76. The van der Waals surface area contributed by atoms with Gasteiger partial charge in [-0.05, 0) is 26.8 Å². The van der Waals surface area contributed by atoms with E-state index in [0.29, 0.717) is 5.69 Å². The zero-order valence-electron chi connectivity index (χ0n) is 12.3. The highest BCUT2D eigenvalue weighted by atomic mass is 32.1. The highest BCUT2D eigenvalue weighted by molar-refractivity contribution is 7.09. The van der Waals surface area contributed by atoms with Gasteiger partial charge >= 0.3 is 0 Å². The van der Waals surface area contributed by atoms with E-state index >= 15 is 0 Å². The molecule has 0 fully saturated rings. The van der Waals surface area contributed by atoms with Crippen LogP contribution in [0.15, 0.2) is 23.7 Å². The van der Waals surface area contributed by atoms with Crippen molar-refractivity contribution in [2.75, 3.05) is 11.4 Å². The molecule has 0 aromatic carbocycles. The number of pyridine rings is 1. The Bertz CT molecular complexity index is 613. The van der Waals surface area contributed by atoms with Crippen LogP contribution in [0.4, 0.5) is 11.5 Å². The Hall–Kier alpha value is -2.02. The summed E-state index contributed by atoms with van der Waals surface area (Å²) in [5.74, 6) is 0.768. The number of nitro groups is 1. The predicted molar refractivity (Wildman–Crippen MR) is 83.9 cm³/mol. The number of thiazole rings is 1. The Labute approximate surface area is 127 Å². The normalized spacial score (nSPS) is 10.9. The van der Waals surface area contributed by atoms with Crippen LogP contribution < -0.4 is 4.90 Å². The van der Waals surface area contributed by atoms with Gasteiger partial charge in [0, 0.05) is 36.7 Å². The average molecular weight is 306 g/mol. The molecule has 112 valence electrons. The number of rotatable bonds is 6. The van der Waals surface area contributed by atoms with Gasteiger partial charge in [-0.15, -0.1) is 11.3 Å². The van der Waals surface area contributed by atoms with Gasteiger partial charge in [-0.2, -0.15) is 0 Å². The van der Waals surface area contributed by atoms with Gasteiger partial charge in [0.15, 0.2) is 0 Å². The monoisotopic (exact) mass is 306 g/mol. The molecule has 0 radical (unpaired) electrons. The summed E-state index contributed by atoms with van der Waals surface area (Å²) in [4.78, 5) is 21.3. The minimum Gasteiger partial charge on any atom is -0.354 e. The summed E-state index contributed by atoms with van der Waals surface area (Å²) in [6, 6.07) is 3.50. The van der Waals surface area contributed by atoms with Gasteiger partial charge in [0.25, 0.3) is 5.69 Å². The lowest BCUT2D eigenvalue weighted by molar-refractivity contribution is -0.385. The van der Waals surface area contributed by atoms with Crippen molar-refractivity contribution in [1.82, 2.24) is 9.97 Å². The summed E-state index contributed by atoms with van der Waals surface area (Å²) in [6.45, 7) is 6.62. The van der Waals surface area contributed by atoms with Crippen LogP contribution in [0, 0.1) is 17.0 Å². The fourth-order valence-corrected chi connectivity index (χ4v) is 2.73. The van der Waals surface area contributed by atoms with Gasteiger partial charge in [-0.3, -0.25) is 10.1 Å². The van der Waals surface area contributed by atoms with Crippen LogP contribution in [-0.2, 0) is 6.42 Å². The van der Waals surface area contributed by atoms with Crippen molar-refractivity contribution in [3.05, 3.63) is 44.5 Å². The first-order valence-corrected chi connectivity index (χ1v) is 7.64. The Morgan fingerprint density at radius 1 is 1.43 bits per heavy atom. The number of nitrogens with zero attached hydrogens (tertiary/aromatic N) is 4. The number of hydrogen-bond acceptors (Lipinski definition) is 6. The number of aromatic nitrogens is 2. The lowest BCUT2D eigenvalue weighted by Gasteiger charge is -2.27. The fraction of sp³-hybridized carbons (Fsp3) is 0.429. The van der Waals surface area contributed by atoms with E-state index in [1.807, 2.05) is 5.38 Å². The fourth-order valence-electron chi connectivity index (χ4n) is 2.12. The second kappa shape index (κ2) is 6.62. The van der Waals surface area contributed by atoms with E-state index in [-0.39, 0.29) is 11.7 Å². The minimum atomic E-state index is -0.401. The standard InChI is InChI=1S/C14H18N4O2S/c1-10(2)17(8-6-14-15-7-9-21-14)13-5-4-12(18(19)20)11(3)16-13/h4-5,7,9-10H,6,8H2,1-3H3. The van der Waals surface area contributed by atoms with Crippen molar-refractivity contribution in [3.63, 3.8) is 0 Å². The molecule has 21 heavy (non-hydrogen) atoms. The maximum absolute atomic E-state index is 10.9. The van der Waals surface area contributed by atoms with E-state index in [4.69, 9.17) is 0 Å². The molecule has 0 bridgehead atoms. The number of hydrogen-bond donors (Lipinski definition) is 0. The van der Waals surface area contributed by atoms with E-state index in [0.717, 1.165) is 23.8 Å². The summed E-state index contributed by atoms with van der Waals surface area (Å²) in [6.07, 6.45) is 2.64. The molecule has 0 saturated heterocycles. The van der Waals surface area contributed by atoms with E-state index in [1.54, 1.807) is 30.5 Å². The number of aryl methyl sites for hydroxylation is 1. The van der Waals surface area contributed by atoms with Gasteiger partial charge in [-0.1, -0.05) is 0 Å². The van der Waals surface area contributed by atoms with Gasteiger partial charge in [0.05, 0.1) is 9.93 Å². The lowest BCUT2D eigenvalue weighted by Crippen LogP contribution is -2.33. The van der Waals surface area contributed by atoms with Crippen molar-refractivity contribution < 1.29 is 4.92 Å². The van der Waals surface area contributed by atoms with Gasteiger partial charge in [0.1, 0.15) is 11.5 Å². The summed E-state index contributed by atoms with van der Waals surface area (Å²) >= 11 is 1.63. The molecule has 0 unspecified atom stereocenters. The third kappa shape index (κ3) is 3.75. The maximum atomic E-state index is 10.9. The van der Waals surface area contributed by atoms with Gasteiger partial charge in [-0.25, -0.2) is 9.97 Å². The molecule has 2 heterocycles. The lowest BCUT2D eigenvalue weighted by atomic mass is 10.2. The van der Waals surface area contributed by atoms with E-state index < -0.39 is 4.92 Å². The third-order valence-corrected chi connectivity index (χ3v) is 4.05. The van der Waals surface area contributed by atoms with Crippen LogP contribution in [-0.4, -0.2) is 27.5 Å². The predicted octanol–water partition coefficient (Wildman–Crippen LogP) is 3.21. The molecule has 6 nitrogen and oxygen atoms in total. The molecular formula is C14H18N4O2S. The van der Waals surface area contributed by atoms with Crippen LogP contribution in [0.2, 0.25) is 0 Å². The molecule has 2 aromatic rings. The topological polar surface area (TPSA) is 72.2 Å². The van der Waals surface area contributed by atoms with Crippen molar-refractivity contribution in [2.24, 2.45) is 0 Å². The zero-order valence-corrected chi connectivity index (χ0v) is 13.1. The molecule has 0 saturated carbocycles. The molecule has 0 spiro atoms. The Balaban J connectivity index is 2.18. The third-order valence-electron chi connectivity index (χ3n) is 3.21. The first kappa shape index (κ1) is 15.4. The van der Waals surface area contributed by atoms with Crippen molar-refractivity contribution in [3.8, 4) is 0 Å². The van der Waals surface area contributed by atoms with Gasteiger partial charge < -0.3 is 4.90 Å². The van der Waals surface area contributed by atoms with Crippen molar-refractivity contribution in [1.29, 1.82) is 0 Å². The smallest absolute Gasteiger partial charge is 0.290 e. The summed E-state index contributed by atoms with van der Waals surface area (Å²) in [5, 5.41) is 13.9. The van der Waals surface area contributed by atoms with E-state index in [1.165, 1.54) is 6.07 Å². The molecule has 7 heteroatoms. The SMILES string of the molecule is Cc1nc(N(CCc2nccs2)C(C)C)ccc1[N+](=O)[O-]. The van der Waals surface area contributed by atoms with Crippen LogP contribution in [0.25, 0.3) is 0 Å². The largest absolute Gasteiger partial charge is 0.354 e. The summed E-state index contributed by atoms with van der Waals surface area (Å²) < 4.78 is 0. The quantitative estimate of drug-likeness (QED) is 0.605. The van der Waals surface area contributed by atoms with E-state index in [9.17, 15) is 10.1 Å². The van der Waals surface area contributed by atoms with Crippen LogP contribution in [0.3, 0.4) is 0 Å². The maximum Gasteiger partial charge on any atom is 0.290 e. The Kier molecular flexibility index (Phi) is 4.85. The highest BCUT2D eigenvalue weighted by Crippen LogP contribution is 2.22. The summed E-state index contributed by atoms with van der Waals surface area (Å²) in [5.41, 5.74) is 0.500. The second-order valence-corrected chi connectivity index (χ2v) is 5.97. The Morgan fingerprint density at radius 3 is 2.71 bits per heavy atom. The molecular weight excluding hydrogens is 288 g/mol. The average Bonchev–Trinajstić information content (AvgIpc) is 2.91. The first-order chi connectivity index (χ1) is 9.99. The molecule has 0 N–H and O–H groups in total. The number of anilines is 1. The zero-order chi connectivity index (χ0) is 15.4. The van der Waals surface area contributed by atoms with Crippen LogP contribution in [0.1, 0.15) is 24.5 Å². The molecule has 0 amide bonds. The Morgan fingerprint density at radius 2 is 2.19 bits per heavy atom. The van der Waals surface area contributed by atoms with Crippen LogP contribution >= 0.6 is 11.3 Å². The molecule has 0 aliphatic carbocycles. The molecule has 0 aliphatic rings. The minimum absolute atomic E-state index is 0.0578. The van der Waals surface area contributed by atoms with E-state index in [2.05, 4.69) is 28.7 Å². The van der Waals surface area contributed by atoms with Crippen molar-refractivity contribution >= 4 is 22.8 Å². The van der Waals surface area contributed by atoms with Gasteiger partial charge in [0.2, 0.25) is 0 Å².